The van der Waals surface area contributed by atoms with Crippen LogP contribution in [0.3, 0.4) is 0 Å². The van der Waals surface area contributed by atoms with Crippen molar-refractivity contribution in [2.24, 2.45) is 0 Å². The number of phenols is 1. The van der Waals surface area contributed by atoms with Crippen LogP contribution in [0.5, 0.6) is 5.75 Å². The summed E-state index contributed by atoms with van der Waals surface area (Å²) < 4.78 is 22.9. The lowest BCUT2D eigenvalue weighted by Gasteiger charge is -2.33. The van der Waals surface area contributed by atoms with E-state index in [-0.39, 0.29) is 29.2 Å². The van der Waals surface area contributed by atoms with Gasteiger partial charge in [-0.15, -0.1) is 0 Å². The maximum Gasteiger partial charge on any atom is 0.275 e. The molecule has 0 radical (unpaired) electrons. The van der Waals surface area contributed by atoms with E-state index in [9.17, 15) is 18.3 Å². The predicted molar refractivity (Wildman–Crippen MR) is 91.1 cm³/mol. The summed E-state index contributed by atoms with van der Waals surface area (Å²) in [7, 11) is -2.97. The first-order valence-corrected chi connectivity index (χ1v) is 10.1. The minimum Gasteiger partial charge on any atom is -0.506 e. The van der Waals surface area contributed by atoms with Gasteiger partial charge in [0.25, 0.3) is 5.91 Å². The second-order valence-corrected chi connectivity index (χ2v) is 8.80. The summed E-state index contributed by atoms with van der Waals surface area (Å²) in [6.07, 6.45) is 0.518. The molecule has 1 aromatic rings. The number of carbonyl (C=O) groups is 1. The van der Waals surface area contributed by atoms with Gasteiger partial charge in [0.1, 0.15) is 5.75 Å². The van der Waals surface area contributed by atoms with Crippen LogP contribution in [0.25, 0.3) is 0 Å². The minimum atomic E-state index is -2.97. The number of hydrogen-bond donors (Lipinski definition) is 3. The Labute approximate surface area is 142 Å². The third-order valence-electron chi connectivity index (χ3n) is 4.70. The molecule has 0 aromatic heterocycles. The summed E-state index contributed by atoms with van der Waals surface area (Å²) in [6.45, 7) is 3.54. The lowest BCUT2D eigenvalue weighted by atomic mass is 10.2. The highest BCUT2D eigenvalue weighted by molar-refractivity contribution is 7.91. The molecule has 132 valence electrons. The Morgan fingerprint density at radius 1 is 1.29 bits per heavy atom. The topological polar surface area (TPSA) is 91.2 Å². The van der Waals surface area contributed by atoms with Crippen LogP contribution in [0.15, 0.2) is 24.3 Å². The Morgan fingerprint density at radius 2 is 2.00 bits per heavy atom. The van der Waals surface area contributed by atoms with Crippen LogP contribution in [-0.2, 0) is 14.6 Å². The number of phenolic OH excluding ortho intramolecular Hbond substituents is 1. The average Bonchev–Trinajstić information content (AvgIpc) is 2.87. The number of quaternary nitrogens is 1. The van der Waals surface area contributed by atoms with E-state index in [4.69, 9.17) is 0 Å². The summed E-state index contributed by atoms with van der Waals surface area (Å²) in [5.41, 5.74) is 0.831. The number of rotatable bonds is 4. The number of hydrogen-bond acceptors (Lipinski definition) is 5. The van der Waals surface area contributed by atoms with Crippen molar-refractivity contribution in [1.29, 1.82) is 0 Å². The van der Waals surface area contributed by atoms with Crippen molar-refractivity contribution in [3.8, 4) is 5.75 Å². The SMILES string of the molecule is O=C(C[NH+]1CCN(c2ccccc2O)CC1)N[C@@H]1CCS(=O)(=O)C1. The standard InChI is InChI=1S/C16H23N3O4S/c20-15-4-2-1-3-14(15)19-8-6-18(7-9-19)11-16(21)17-13-5-10-24(22,23)12-13/h1-4,13,20H,5-12H2,(H,17,21)/p+1/t13-/m1/s1. The maximum atomic E-state index is 12.1. The number of amides is 1. The number of nitrogens with one attached hydrogen (secondary N) is 2. The third kappa shape index (κ3) is 4.18. The Bertz CT molecular complexity index is 699. The fourth-order valence-electron chi connectivity index (χ4n) is 3.39. The molecule has 2 aliphatic rings. The van der Waals surface area contributed by atoms with Crippen molar-refractivity contribution in [2.45, 2.75) is 12.5 Å². The molecule has 0 saturated carbocycles. The molecule has 2 fully saturated rings. The predicted octanol–water partition coefficient (Wildman–Crippen LogP) is -1.60. The zero-order chi connectivity index (χ0) is 17.2. The molecule has 8 heteroatoms. The van der Waals surface area contributed by atoms with Gasteiger partial charge < -0.3 is 20.2 Å². The Kier molecular flexibility index (Phi) is 4.96. The molecule has 2 aliphatic heterocycles. The van der Waals surface area contributed by atoms with Gasteiger partial charge in [-0.05, 0) is 18.6 Å². The molecule has 2 heterocycles. The Hall–Kier alpha value is -1.80. The molecule has 0 unspecified atom stereocenters. The summed E-state index contributed by atoms with van der Waals surface area (Å²) in [5, 5.41) is 12.8. The molecule has 3 N–H and O–H groups in total. The summed E-state index contributed by atoms with van der Waals surface area (Å²) in [5.74, 6) is 0.434. The quantitative estimate of drug-likeness (QED) is 0.606. The first kappa shape index (κ1) is 17.0. The molecule has 7 nitrogen and oxygen atoms in total. The summed E-state index contributed by atoms with van der Waals surface area (Å²) in [4.78, 5) is 15.4. The van der Waals surface area contributed by atoms with Gasteiger partial charge in [-0.25, -0.2) is 8.42 Å². The fraction of sp³-hybridized carbons (Fsp3) is 0.562. The average molecular weight is 354 g/mol. The number of piperazine rings is 1. The number of carbonyl (C=O) groups excluding carboxylic acids is 1. The van der Waals surface area contributed by atoms with Gasteiger partial charge in [0.2, 0.25) is 0 Å². The van der Waals surface area contributed by atoms with Gasteiger partial charge >= 0.3 is 0 Å². The molecular formula is C16H24N3O4S+. The number of nitrogens with zero attached hydrogens (tertiary/aromatic N) is 1. The van der Waals surface area contributed by atoms with Crippen molar-refractivity contribution in [1.82, 2.24) is 5.32 Å². The monoisotopic (exact) mass is 354 g/mol. The van der Waals surface area contributed by atoms with Crippen LogP contribution in [-0.4, -0.2) is 69.7 Å². The molecular weight excluding hydrogens is 330 g/mol. The first-order chi connectivity index (χ1) is 11.4. The largest absolute Gasteiger partial charge is 0.506 e. The zero-order valence-electron chi connectivity index (χ0n) is 13.6. The van der Waals surface area contributed by atoms with Gasteiger partial charge in [-0.1, -0.05) is 12.1 Å². The van der Waals surface area contributed by atoms with Crippen molar-refractivity contribution in [3.63, 3.8) is 0 Å². The van der Waals surface area contributed by atoms with Crippen LogP contribution in [0.1, 0.15) is 6.42 Å². The fourth-order valence-corrected chi connectivity index (χ4v) is 5.06. The molecule has 1 amide bonds. The molecule has 0 bridgehead atoms. The van der Waals surface area contributed by atoms with Crippen molar-refractivity contribution >= 4 is 21.4 Å². The Balaban J connectivity index is 1.45. The van der Waals surface area contributed by atoms with E-state index in [0.717, 1.165) is 31.9 Å². The van der Waals surface area contributed by atoms with Crippen LogP contribution in [0.4, 0.5) is 5.69 Å². The van der Waals surface area contributed by atoms with Crippen LogP contribution in [0.2, 0.25) is 0 Å². The second kappa shape index (κ2) is 6.98. The first-order valence-electron chi connectivity index (χ1n) is 8.29. The van der Waals surface area contributed by atoms with Gasteiger partial charge in [-0.3, -0.25) is 4.79 Å². The molecule has 24 heavy (non-hydrogen) atoms. The van der Waals surface area contributed by atoms with E-state index in [1.54, 1.807) is 12.1 Å². The molecule has 1 aromatic carbocycles. The number of para-hydroxylation sites is 2. The Morgan fingerprint density at radius 3 is 2.62 bits per heavy atom. The lowest BCUT2D eigenvalue weighted by Crippen LogP contribution is -3.16. The van der Waals surface area contributed by atoms with Gasteiger partial charge in [0.15, 0.2) is 16.4 Å². The van der Waals surface area contributed by atoms with Crippen molar-refractivity contribution in [3.05, 3.63) is 24.3 Å². The van der Waals surface area contributed by atoms with Gasteiger partial charge in [0.05, 0.1) is 43.4 Å². The van der Waals surface area contributed by atoms with Crippen molar-refractivity contribution in [2.75, 3.05) is 49.1 Å². The van der Waals surface area contributed by atoms with Crippen LogP contribution in [0, 0.1) is 0 Å². The zero-order valence-corrected chi connectivity index (χ0v) is 14.4. The van der Waals surface area contributed by atoms with E-state index < -0.39 is 9.84 Å². The molecule has 3 rings (SSSR count). The van der Waals surface area contributed by atoms with Crippen LogP contribution < -0.4 is 15.1 Å². The minimum absolute atomic E-state index is 0.0646. The molecule has 1 atom stereocenters. The highest BCUT2D eigenvalue weighted by Crippen LogP contribution is 2.25. The van der Waals surface area contributed by atoms with E-state index >= 15 is 0 Å². The van der Waals surface area contributed by atoms with Gasteiger partial charge in [0, 0.05) is 6.04 Å². The normalized spacial score (nSPS) is 24.0. The van der Waals surface area contributed by atoms with Crippen LogP contribution >= 0.6 is 0 Å². The van der Waals surface area contributed by atoms with E-state index in [2.05, 4.69) is 10.2 Å². The maximum absolute atomic E-state index is 12.1. The lowest BCUT2D eigenvalue weighted by molar-refractivity contribution is -0.892. The molecule has 0 spiro atoms. The smallest absolute Gasteiger partial charge is 0.275 e. The molecule has 2 saturated heterocycles. The van der Waals surface area contributed by atoms with E-state index in [1.807, 2.05) is 12.1 Å². The molecule has 0 aliphatic carbocycles. The number of anilines is 1. The summed E-state index contributed by atoms with van der Waals surface area (Å²) in [6, 6.07) is 7.04. The number of benzene rings is 1. The van der Waals surface area contributed by atoms with Crippen molar-refractivity contribution < 1.29 is 23.2 Å². The second-order valence-electron chi connectivity index (χ2n) is 6.57. The van der Waals surface area contributed by atoms with E-state index in [0.29, 0.717) is 13.0 Å². The van der Waals surface area contributed by atoms with Gasteiger partial charge in [-0.2, -0.15) is 0 Å². The third-order valence-corrected chi connectivity index (χ3v) is 6.47. The van der Waals surface area contributed by atoms with E-state index in [1.165, 1.54) is 4.90 Å². The highest BCUT2D eigenvalue weighted by atomic mass is 32.2. The number of aromatic hydroxyl groups is 1. The summed E-state index contributed by atoms with van der Waals surface area (Å²) >= 11 is 0. The number of sulfone groups is 1. The highest BCUT2D eigenvalue weighted by Gasteiger charge is 2.30.